The van der Waals surface area contributed by atoms with E-state index in [-0.39, 0.29) is 6.42 Å². The molecule has 1 fully saturated rings. The minimum absolute atomic E-state index is 0.0212. The van der Waals surface area contributed by atoms with Crippen LogP contribution in [-0.4, -0.2) is 12.0 Å². The number of carbonyl (C=O) groups is 1. The normalized spacial score (nSPS) is 32.2. The third-order valence-electron chi connectivity index (χ3n) is 2.35. The molecule has 1 aliphatic rings. The third-order valence-corrected chi connectivity index (χ3v) is 2.35. The highest BCUT2D eigenvalue weighted by Gasteiger charge is 2.46. The Kier molecular flexibility index (Phi) is 2.44. The maximum absolute atomic E-state index is 12.1. The van der Waals surface area contributed by atoms with Gasteiger partial charge in [-0.1, -0.05) is 13.3 Å². The Hall–Kier alpha value is -0.540. The monoisotopic (exact) mass is 180 g/mol. The van der Waals surface area contributed by atoms with E-state index in [1.54, 1.807) is 6.92 Å². The van der Waals surface area contributed by atoms with Crippen molar-refractivity contribution in [1.29, 1.82) is 0 Å². The van der Waals surface area contributed by atoms with Gasteiger partial charge in [0.05, 0.1) is 0 Å². The molecule has 0 aromatic rings. The first-order valence-electron chi connectivity index (χ1n) is 4.03. The van der Waals surface area contributed by atoms with Gasteiger partial charge in [-0.25, -0.2) is 0 Å². The molecule has 0 radical (unpaired) electrons. The summed E-state index contributed by atoms with van der Waals surface area (Å²) in [6.07, 6.45) is -3.24. The van der Waals surface area contributed by atoms with E-state index < -0.39 is 23.8 Å². The number of halogens is 3. The van der Waals surface area contributed by atoms with Crippen molar-refractivity contribution in [3.8, 4) is 0 Å². The van der Waals surface area contributed by atoms with E-state index >= 15 is 0 Å². The smallest absolute Gasteiger partial charge is 0.299 e. The van der Waals surface area contributed by atoms with Crippen molar-refractivity contribution in [2.75, 3.05) is 0 Å². The van der Waals surface area contributed by atoms with Crippen LogP contribution in [0.25, 0.3) is 0 Å². The van der Waals surface area contributed by atoms with E-state index in [9.17, 15) is 18.0 Å². The molecular weight excluding hydrogens is 169 g/mol. The molecule has 0 unspecified atom stereocenters. The summed E-state index contributed by atoms with van der Waals surface area (Å²) >= 11 is 0. The second kappa shape index (κ2) is 3.07. The molecule has 0 N–H and O–H groups in total. The second-order valence-electron chi connectivity index (χ2n) is 3.33. The predicted molar refractivity (Wildman–Crippen MR) is 37.6 cm³/mol. The van der Waals surface area contributed by atoms with Gasteiger partial charge in [0.1, 0.15) is 11.7 Å². The summed E-state index contributed by atoms with van der Waals surface area (Å²) < 4.78 is 36.4. The standard InChI is InChI=1S/C8H11F3O/c1-5-3-2-4-6(7(5)12)8(9,10)11/h5-6H,2-4H2,1H3/t5-,6+/m1/s1. The fraction of sp³-hybridized carbons (Fsp3) is 0.875. The molecule has 0 bridgehead atoms. The number of ketones is 1. The molecule has 0 spiro atoms. The van der Waals surface area contributed by atoms with Crippen LogP contribution >= 0.6 is 0 Å². The van der Waals surface area contributed by atoms with Crippen LogP contribution in [0.4, 0.5) is 13.2 Å². The van der Waals surface area contributed by atoms with Gasteiger partial charge < -0.3 is 0 Å². The van der Waals surface area contributed by atoms with Gasteiger partial charge in [-0.3, -0.25) is 4.79 Å². The molecule has 2 atom stereocenters. The van der Waals surface area contributed by atoms with E-state index in [1.165, 1.54) is 0 Å². The summed E-state index contributed by atoms with van der Waals surface area (Å²) in [5.41, 5.74) is 0. The summed E-state index contributed by atoms with van der Waals surface area (Å²) in [5.74, 6) is -2.74. The summed E-state index contributed by atoms with van der Waals surface area (Å²) in [6, 6.07) is 0. The molecule has 0 aliphatic heterocycles. The molecule has 1 saturated carbocycles. The molecular formula is C8H11F3O. The van der Waals surface area contributed by atoms with Gasteiger partial charge in [0, 0.05) is 5.92 Å². The van der Waals surface area contributed by atoms with Crippen LogP contribution in [0.5, 0.6) is 0 Å². The van der Waals surface area contributed by atoms with E-state index in [1.807, 2.05) is 0 Å². The van der Waals surface area contributed by atoms with Crippen molar-refractivity contribution in [2.24, 2.45) is 11.8 Å². The topological polar surface area (TPSA) is 17.1 Å². The van der Waals surface area contributed by atoms with Crippen molar-refractivity contribution in [3.05, 3.63) is 0 Å². The van der Waals surface area contributed by atoms with Crippen LogP contribution in [0.3, 0.4) is 0 Å². The zero-order chi connectivity index (χ0) is 9.35. The van der Waals surface area contributed by atoms with E-state index in [4.69, 9.17) is 0 Å². The molecule has 70 valence electrons. The zero-order valence-corrected chi connectivity index (χ0v) is 6.82. The van der Waals surface area contributed by atoms with Crippen molar-refractivity contribution < 1.29 is 18.0 Å². The van der Waals surface area contributed by atoms with Crippen molar-refractivity contribution in [1.82, 2.24) is 0 Å². The lowest BCUT2D eigenvalue weighted by Gasteiger charge is -2.26. The largest absolute Gasteiger partial charge is 0.398 e. The molecule has 4 heteroatoms. The van der Waals surface area contributed by atoms with Gasteiger partial charge in [-0.15, -0.1) is 0 Å². The van der Waals surface area contributed by atoms with Crippen molar-refractivity contribution >= 4 is 5.78 Å². The molecule has 0 aromatic heterocycles. The zero-order valence-electron chi connectivity index (χ0n) is 6.82. The van der Waals surface area contributed by atoms with Gasteiger partial charge in [0.15, 0.2) is 0 Å². The first-order chi connectivity index (χ1) is 5.43. The van der Waals surface area contributed by atoms with Crippen LogP contribution in [-0.2, 0) is 4.79 Å². The maximum atomic E-state index is 12.1. The lowest BCUT2D eigenvalue weighted by atomic mass is 9.81. The van der Waals surface area contributed by atoms with E-state index in [2.05, 4.69) is 0 Å². The summed E-state index contributed by atoms with van der Waals surface area (Å²) in [6.45, 7) is 1.57. The number of hydrogen-bond donors (Lipinski definition) is 0. The van der Waals surface area contributed by atoms with Crippen LogP contribution in [0, 0.1) is 11.8 Å². The van der Waals surface area contributed by atoms with Crippen LogP contribution in [0.15, 0.2) is 0 Å². The first kappa shape index (κ1) is 9.55. The highest BCUT2D eigenvalue weighted by molar-refractivity contribution is 5.84. The number of rotatable bonds is 0. The molecule has 12 heavy (non-hydrogen) atoms. The molecule has 0 aromatic carbocycles. The number of carbonyl (C=O) groups excluding carboxylic acids is 1. The van der Waals surface area contributed by atoms with Gasteiger partial charge in [-0.2, -0.15) is 13.2 Å². The minimum atomic E-state index is -4.33. The Labute approximate surface area is 68.9 Å². The van der Waals surface area contributed by atoms with E-state index in [0.29, 0.717) is 12.8 Å². The van der Waals surface area contributed by atoms with Crippen molar-refractivity contribution in [3.63, 3.8) is 0 Å². The molecule has 0 amide bonds. The SMILES string of the molecule is C[C@@H]1CCC[C@H](C(F)(F)F)C1=O. The lowest BCUT2D eigenvalue weighted by Crippen LogP contribution is -2.37. The fourth-order valence-corrected chi connectivity index (χ4v) is 1.58. The third kappa shape index (κ3) is 1.79. The average Bonchev–Trinajstić information content (AvgIpc) is 1.92. The molecule has 1 rings (SSSR count). The molecule has 0 heterocycles. The Bertz CT molecular complexity index is 185. The average molecular weight is 180 g/mol. The van der Waals surface area contributed by atoms with E-state index in [0.717, 1.165) is 0 Å². The Morgan fingerprint density at radius 1 is 1.33 bits per heavy atom. The van der Waals surface area contributed by atoms with Gasteiger partial charge in [0.25, 0.3) is 0 Å². The maximum Gasteiger partial charge on any atom is 0.398 e. The minimum Gasteiger partial charge on any atom is -0.299 e. The molecule has 1 nitrogen and oxygen atoms in total. The highest BCUT2D eigenvalue weighted by atomic mass is 19.4. The predicted octanol–water partition coefficient (Wildman–Crippen LogP) is 2.55. The molecule has 0 saturated heterocycles. The Morgan fingerprint density at radius 3 is 2.33 bits per heavy atom. The van der Waals surface area contributed by atoms with Gasteiger partial charge in [-0.05, 0) is 12.8 Å². The number of hydrogen-bond acceptors (Lipinski definition) is 1. The van der Waals surface area contributed by atoms with Crippen LogP contribution in [0.2, 0.25) is 0 Å². The fourth-order valence-electron chi connectivity index (χ4n) is 1.58. The first-order valence-corrected chi connectivity index (χ1v) is 4.03. The summed E-state index contributed by atoms with van der Waals surface area (Å²) in [4.78, 5) is 11.1. The van der Waals surface area contributed by atoms with Gasteiger partial charge in [0.2, 0.25) is 0 Å². The van der Waals surface area contributed by atoms with Crippen LogP contribution in [0.1, 0.15) is 26.2 Å². The number of Topliss-reactive ketones (excluding diaryl/α,β-unsaturated/α-hetero) is 1. The lowest BCUT2D eigenvalue weighted by molar-refractivity contribution is -0.188. The second-order valence-corrected chi connectivity index (χ2v) is 3.33. The summed E-state index contributed by atoms with van der Waals surface area (Å²) in [7, 11) is 0. The summed E-state index contributed by atoms with van der Waals surface area (Å²) in [5, 5.41) is 0. The van der Waals surface area contributed by atoms with Crippen molar-refractivity contribution in [2.45, 2.75) is 32.4 Å². The molecule has 1 aliphatic carbocycles. The quantitative estimate of drug-likeness (QED) is 0.559. The van der Waals surface area contributed by atoms with Gasteiger partial charge >= 0.3 is 6.18 Å². The Balaban J connectivity index is 2.71. The van der Waals surface area contributed by atoms with Crippen LogP contribution < -0.4 is 0 Å². The highest BCUT2D eigenvalue weighted by Crippen LogP contribution is 2.37. The number of alkyl halides is 3. The Morgan fingerprint density at radius 2 is 1.92 bits per heavy atom.